The van der Waals surface area contributed by atoms with Crippen LogP contribution in [0, 0.1) is 0 Å². The molecule has 1 atom stereocenters. The molecule has 0 saturated heterocycles. The van der Waals surface area contributed by atoms with Gasteiger partial charge in [-0.1, -0.05) is 30.3 Å². The molecule has 1 N–H and O–H groups in total. The number of benzene rings is 1. The standard InChI is InChI=1S/C16H18N2OS/c1-18(11-13-6-4-10-20-13)16(19)17-15-9-8-12-5-2-3-7-14(12)15/h2-7,10,15H,8-9,11H2,1H3,(H,17,19)/t15-/m0/s1. The molecule has 0 unspecified atom stereocenters. The van der Waals surface area contributed by atoms with Crippen LogP contribution in [0.1, 0.15) is 28.5 Å². The largest absolute Gasteiger partial charge is 0.331 e. The molecule has 2 amide bonds. The van der Waals surface area contributed by atoms with Crippen molar-refractivity contribution in [2.45, 2.75) is 25.4 Å². The Morgan fingerprint density at radius 3 is 3.00 bits per heavy atom. The highest BCUT2D eigenvalue weighted by Crippen LogP contribution is 2.30. The number of amides is 2. The smallest absolute Gasteiger partial charge is 0.317 e. The van der Waals surface area contributed by atoms with E-state index >= 15 is 0 Å². The van der Waals surface area contributed by atoms with E-state index in [2.05, 4.69) is 29.6 Å². The van der Waals surface area contributed by atoms with Crippen molar-refractivity contribution in [3.8, 4) is 0 Å². The van der Waals surface area contributed by atoms with Gasteiger partial charge in [0.15, 0.2) is 0 Å². The van der Waals surface area contributed by atoms with Crippen LogP contribution >= 0.6 is 11.3 Å². The lowest BCUT2D eigenvalue weighted by Crippen LogP contribution is -2.38. The van der Waals surface area contributed by atoms with Crippen LogP contribution < -0.4 is 5.32 Å². The molecule has 3 nitrogen and oxygen atoms in total. The predicted octanol–water partition coefficient (Wildman–Crippen LogP) is 3.58. The summed E-state index contributed by atoms with van der Waals surface area (Å²) >= 11 is 1.68. The Kier molecular flexibility index (Phi) is 3.74. The minimum Gasteiger partial charge on any atom is -0.331 e. The van der Waals surface area contributed by atoms with Crippen LogP contribution in [0.3, 0.4) is 0 Å². The second-order valence-corrected chi connectivity index (χ2v) is 6.21. The van der Waals surface area contributed by atoms with Crippen molar-refractivity contribution >= 4 is 17.4 Å². The van der Waals surface area contributed by atoms with E-state index in [1.807, 2.05) is 24.6 Å². The number of carbonyl (C=O) groups is 1. The Bertz CT molecular complexity index is 594. The zero-order valence-corrected chi connectivity index (χ0v) is 12.3. The van der Waals surface area contributed by atoms with Gasteiger partial charge in [-0.3, -0.25) is 0 Å². The molecule has 1 aliphatic carbocycles. The maximum absolute atomic E-state index is 12.3. The van der Waals surface area contributed by atoms with Gasteiger partial charge in [0, 0.05) is 11.9 Å². The highest BCUT2D eigenvalue weighted by molar-refractivity contribution is 7.09. The molecule has 4 heteroatoms. The lowest BCUT2D eigenvalue weighted by Gasteiger charge is -2.21. The SMILES string of the molecule is CN(Cc1cccs1)C(=O)N[C@H]1CCc2ccccc21. The number of hydrogen-bond donors (Lipinski definition) is 1. The Hall–Kier alpha value is -1.81. The zero-order chi connectivity index (χ0) is 13.9. The Balaban J connectivity index is 1.62. The Morgan fingerprint density at radius 2 is 2.20 bits per heavy atom. The van der Waals surface area contributed by atoms with Crippen molar-refractivity contribution in [2.24, 2.45) is 0 Å². The summed E-state index contributed by atoms with van der Waals surface area (Å²) in [4.78, 5) is 15.2. The normalized spacial score (nSPS) is 16.8. The van der Waals surface area contributed by atoms with Gasteiger partial charge in [0.05, 0.1) is 12.6 Å². The molecule has 0 radical (unpaired) electrons. The van der Waals surface area contributed by atoms with Gasteiger partial charge in [-0.25, -0.2) is 4.79 Å². The number of carbonyl (C=O) groups excluding carboxylic acids is 1. The van der Waals surface area contributed by atoms with Crippen LogP contribution in [-0.4, -0.2) is 18.0 Å². The monoisotopic (exact) mass is 286 g/mol. The molecule has 20 heavy (non-hydrogen) atoms. The van der Waals surface area contributed by atoms with E-state index < -0.39 is 0 Å². The number of hydrogen-bond acceptors (Lipinski definition) is 2. The average Bonchev–Trinajstić information content (AvgIpc) is 3.09. The maximum atomic E-state index is 12.3. The van der Waals surface area contributed by atoms with Crippen molar-refractivity contribution in [3.63, 3.8) is 0 Å². The summed E-state index contributed by atoms with van der Waals surface area (Å²) in [5.41, 5.74) is 2.63. The molecule has 1 aliphatic rings. The van der Waals surface area contributed by atoms with Gasteiger partial charge in [0.2, 0.25) is 0 Å². The molecule has 0 spiro atoms. The summed E-state index contributed by atoms with van der Waals surface area (Å²) in [6, 6.07) is 12.6. The van der Waals surface area contributed by atoms with Gasteiger partial charge in [-0.2, -0.15) is 0 Å². The summed E-state index contributed by atoms with van der Waals surface area (Å²) in [6.45, 7) is 0.665. The number of thiophene rings is 1. The van der Waals surface area contributed by atoms with E-state index in [0.717, 1.165) is 12.8 Å². The predicted molar refractivity (Wildman–Crippen MR) is 81.8 cm³/mol. The van der Waals surface area contributed by atoms with Crippen molar-refractivity contribution in [3.05, 3.63) is 57.8 Å². The van der Waals surface area contributed by atoms with Crippen LogP contribution in [0.15, 0.2) is 41.8 Å². The van der Waals surface area contributed by atoms with Crippen molar-refractivity contribution in [1.82, 2.24) is 10.2 Å². The van der Waals surface area contributed by atoms with Gasteiger partial charge >= 0.3 is 6.03 Å². The van der Waals surface area contributed by atoms with E-state index in [0.29, 0.717) is 6.54 Å². The van der Waals surface area contributed by atoms with Crippen molar-refractivity contribution < 1.29 is 4.79 Å². The highest BCUT2D eigenvalue weighted by atomic mass is 32.1. The molecule has 0 aliphatic heterocycles. The molecule has 1 heterocycles. The third-order valence-corrected chi connectivity index (χ3v) is 4.61. The summed E-state index contributed by atoms with van der Waals surface area (Å²) < 4.78 is 0. The van der Waals surface area contributed by atoms with Crippen LogP contribution in [0.5, 0.6) is 0 Å². The van der Waals surface area contributed by atoms with Gasteiger partial charge in [0.1, 0.15) is 0 Å². The van der Waals surface area contributed by atoms with E-state index in [9.17, 15) is 4.79 Å². The topological polar surface area (TPSA) is 32.3 Å². The molecule has 3 rings (SSSR count). The number of urea groups is 1. The first-order chi connectivity index (χ1) is 9.74. The van der Waals surface area contributed by atoms with Crippen molar-refractivity contribution in [1.29, 1.82) is 0 Å². The van der Waals surface area contributed by atoms with Crippen LogP contribution in [0.2, 0.25) is 0 Å². The van der Waals surface area contributed by atoms with Gasteiger partial charge < -0.3 is 10.2 Å². The van der Waals surface area contributed by atoms with E-state index in [-0.39, 0.29) is 12.1 Å². The molecule has 1 aromatic heterocycles. The number of nitrogens with one attached hydrogen (secondary N) is 1. The highest BCUT2D eigenvalue weighted by Gasteiger charge is 2.24. The van der Waals surface area contributed by atoms with Gasteiger partial charge in [-0.15, -0.1) is 11.3 Å². The second kappa shape index (κ2) is 5.67. The van der Waals surface area contributed by atoms with Gasteiger partial charge in [-0.05, 0) is 35.4 Å². The third kappa shape index (κ3) is 2.70. The fraction of sp³-hybridized carbons (Fsp3) is 0.312. The number of rotatable bonds is 3. The molecule has 104 valence electrons. The fourth-order valence-electron chi connectivity index (χ4n) is 2.67. The van der Waals surface area contributed by atoms with Crippen LogP contribution in [0.25, 0.3) is 0 Å². The fourth-order valence-corrected chi connectivity index (χ4v) is 3.43. The molecular formula is C16H18N2OS. The van der Waals surface area contributed by atoms with E-state index in [4.69, 9.17) is 0 Å². The number of nitrogens with zero attached hydrogens (tertiary/aromatic N) is 1. The lowest BCUT2D eigenvalue weighted by molar-refractivity contribution is 0.203. The summed E-state index contributed by atoms with van der Waals surface area (Å²) in [5.74, 6) is 0. The maximum Gasteiger partial charge on any atom is 0.317 e. The second-order valence-electron chi connectivity index (χ2n) is 5.17. The van der Waals surface area contributed by atoms with E-state index in [1.54, 1.807) is 16.2 Å². The number of aryl methyl sites for hydroxylation is 1. The molecule has 2 aromatic rings. The number of fused-ring (bicyclic) bond motifs is 1. The van der Waals surface area contributed by atoms with Crippen LogP contribution in [0.4, 0.5) is 4.79 Å². The quantitative estimate of drug-likeness (QED) is 0.919. The van der Waals surface area contributed by atoms with Gasteiger partial charge in [0.25, 0.3) is 0 Å². The molecule has 0 bridgehead atoms. The Labute approximate surface area is 123 Å². The van der Waals surface area contributed by atoms with Crippen molar-refractivity contribution in [2.75, 3.05) is 7.05 Å². The molecule has 0 fully saturated rings. The summed E-state index contributed by atoms with van der Waals surface area (Å²) in [7, 11) is 1.84. The lowest BCUT2D eigenvalue weighted by atomic mass is 10.1. The summed E-state index contributed by atoms with van der Waals surface area (Å²) in [5, 5.41) is 5.17. The summed E-state index contributed by atoms with van der Waals surface area (Å²) in [6.07, 6.45) is 2.05. The average molecular weight is 286 g/mol. The molecular weight excluding hydrogens is 268 g/mol. The third-order valence-electron chi connectivity index (χ3n) is 3.75. The first-order valence-electron chi connectivity index (χ1n) is 6.86. The minimum absolute atomic E-state index is 0.0000954. The minimum atomic E-state index is 0.0000954. The first-order valence-corrected chi connectivity index (χ1v) is 7.74. The zero-order valence-electron chi connectivity index (χ0n) is 11.5. The first kappa shape index (κ1) is 13.2. The molecule has 0 saturated carbocycles. The van der Waals surface area contributed by atoms with E-state index in [1.165, 1.54) is 16.0 Å². The Morgan fingerprint density at radius 1 is 1.35 bits per heavy atom. The van der Waals surface area contributed by atoms with Crippen LogP contribution in [-0.2, 0) is 13.0 Å². The molecule has 1 aromatic carbocycles.